The Bertz CT molecular complexity index is 873. The topological polar surface area (TPSA) is 80.2 Å². The van der Waals surface area contributed by atoms with Gasteiger partial charge in [-0.1, -0.05) is 42.1 Å². The fourth-order valence-corrected chi connectivity index (χ4v) is 3.70. The maximum absolute atomic E-state index is 11.9. The number of hydrogen-bond donors (Lipinski definition) is 1. The molecule has 2 aromatic rings. The molecule has 2 aromatic carbocycles. The van der Waals surface area contributed by atoms with Crippen molar-refractivity contribution in [2.45, 2.75) is 19.2 Å². The number of benzene rings is 2. The van der Waals surface area contributed by atoms with Crippen molar-refractivity contribution < 1.29 is 19.1 Å². The lowest BCUT2D eigenvalue weighted by Gasteiger charge is -2.19. The Hall–Kier alpha value is -3.00. The standard InChI is InChI=1S/C20H21N3O4S/c1-14(24)21-20-22-23(15(2)25)19(28-20)16-7-6-10-18(13-16)27-12-11-26-17-8-4-3-5-9-17/h3-10,13,19H,11-12H2,1-2H3,(H,21,22,24). The molecule has 0 bridgehead atoms. The van der Waals surface area contributed by atoms with Gasteiger partial charge in [-0.15, -0.1) is 5.10 Å². The summed E-state index contributed by atoms with van der Waals surface area (Å²) in [6.45, 7) is 3.65. The molecule has 28 heavy (non-hydrogen) atoms. The summed E-state index contributed by atoms with van der Waals surface area (Å²) >= 11 is 1.31. The molecule has 146 valence electrons. The molecule has 1 N–H and O–H groups in total. The van der Waals surface area contributed by atoms with Crippen LogP contribution in [0.3, 0.4) is 0 Å². The number of hydrogen-bond acceptors (Lipinski definition) is 6. The van der Waals surface area contributed by atoms with E-state index in [2.05, 4.69) is 10.4 Å². The zero-order valence-electron chi connectivity index (χ0n) is 15.6. The maximum atomic E-state index is 11.9. The first-order chi connectivity index (χ1) is 13.5. The SMILES string of the molecule is CC(=O)NC1=NN(C(C)=O)C(c2cccc(OCCOc3ccccc3)c2)S1. The molecule has 0 aliphatic carbocycles. The number of nitrogens with one attached hydrogen (secondary N) is 1. The molecule has 8 heteroatoms. The number of amidine groups is 1. The Kier molecular flexibility index (Phi) is 6.54. The monoisotopic (exact) mass is 399 g/mol. The van der Waals surface area contributed by atoms with Crippen LogP contribution in [0.1, 0.15) is 24.8 Å². The van der Waals surface area contributed by atoms with E-state index in [1.165, 1.54) is 30.6 Å². The third-order valence-corrected chi connectivity index (χ3v) is 4.86. The molecule has 1 heterocycles. The zero-order chi connectivity index (χ0) is 19.9. The third-order valence-electron chi connectivity index (χ3n) is 3.76. The predicted octanol–water partition coefficient (Wildman–Crippen LogP) is 3.15. The van der Waals surface area contributed by atoms with Crippen LogP contribution < -0.4 is 14.8 Å². The molecule has 0 saturated carbocycles. The molecular formula is C20H21N3O4S. The van der Waals surface area contributed by atoms with Crippen LogP contribution in [-0.4, -0.2) is 35.2 Å². The van der Waals surface area contributed by atoms with Crippen molar-refractivity contribution in [1.29, 1.82) is 0 Å². The van der Waals surface area contributed by atoms with Crippen LogP contribution in [-0.2, 0) is 9.59 Å². The number of carbonyl (C=O) groups is 2. The molecule has 1 aliphatic rings. The molecule has 2 amide bonds. The highest BCUT2D eigenvalue weighted by atomic mass is 32.2. The van der Waals surface area contributed by atoms with E-state index < -0.39 is 0 Å². The van der Waals surface area contributed by atoms with E-state index in [4.69, 9.17) is 9.47 Å². The first-order valence-electron chi connectivity index (χ1n) is 8.76. The van der Waals surface area contributed by atoms with E-state index in [1.54, 1.807) is 0 Å². The molecule has 0 radical (unpaired) electrons. The summed E-state index contributed by atoms with van der Waals surface area (Å²) < 4.78 is 11.4. The minimum atomic E-state index is -0.358. The number of hydrazone groups is 1. The number of ether oxygens (including phenoxy) is 2. The smallest absolute Gasteiger partial charge is 0.241 e. The Morgan fingerprint density at radius 3 is 2.39 bits per heavy atom. The summed E-state index contributed by atoms with van der Waals surface area (Å²) in [6, 6.07) is 17.0. The van der Waals surface area contributed by atoms with Crippen LogP contribution in [0.25, 0.3) is 0 Å². The Morgan fingerprint density at radius 1 is 1.04 bits per heavy atom. The van der Waals surface area contributed by atoms with Crippen molar-refractivity contribution in [1.82, 2.24) is 10.3 Å². The van der Waals surface area contributed by atoms with Crippen LogP contribution in [0.5, 0.6) is 11.5 Å². The first-order valence-corrected chi connectivity index (χ1v) is 9.64. The molecule has 1 unspecified atom stereocenters. The van der Waals surface area contributed by atoms with Gasteiger partial charge in [0.2, 0.25) is 11.8 Å². The fraction of sp³-hybridized carbons (Fsp3) is 0.250. The summed E-state index contributed by atoms with van der Waals surface area (Å²) in [5, 5.41) is 8.22. The van der Waals surface area contributed by atoms with Crippen molar-refractivity contribution in [2.75, 3.05) is 13.2 Å². The Balaban J connectivity index is 1.60. The van der Waals surface area contributed by atoms with Gasteiger partial charge in [0, 0.05) is 13.8 Å². The summed E-state index contributed by atoms with van der Waals surface area (Å²) in [6.07, 6.45) is 0. The highest BCUT2D eigenvalue weighted by Gasteiger charge is 2.32. The van der Waals surface area contributed by atoms with Crippen molar-refractivity contribution in [3.05, 3.63) is 60.2 Å². The average Bonchev–Trinajstić information content (AvgIpc) is 3.10. The Morgan fingerprint density at radius 2 is 1.71 bits per heavy atom. The lowest BCUT2D eigenvalue weighted by molar-refractivity contribution is -0.129. The molecule has 1 atom stereocenters. The second kappa shape index (κ2) is 9.27. The van der Waals surface area contributed by atoms with E-state index in [9.17, 15) is 9.59 Å². The van der Waals surface area contributed by atoms with E-state index in [-0.39, 0.29) is 17.2 Å². The molecule has 7 nitrogen and oxygen atoms in total. The number of rotatable bonds is 6. The number of para-hydroxylation sites is 1. The van der Waals surface area contributed by atoms with Gasteiger partial charge >= 0.3 is 0 Å². The number of amides is 2. The van der Waals surface area contributed by atoms with E-state index >= 15 is 0 Å². The molecule has 0 spiro atoms. The molecule has 0 saturated heterocycles. The number of nitrogens with zero attached hydrogens (tertiary/aromatic N) is 2. The van der Waals surface area contributed by atoms with Crippen molar-refractivity contribution in [3.63, 3.8) is 0 Å². The average molecular weight is 399 g/mol. The van der Waals surface area contributed by atoms with E-state index in [0.717, 1.165) is 11.3 Å². The zero-order valence-corrected chi connectivity index (χ0v) is 16.4. The summed E-state index contributed by atoms with van der Waals surface area (Å²) in [7, 11) is 0. The lowest BCUT2D eigenvalue weighted by Crippen LogP contribution is -2.25. The van der Waals surface area contributed by atoms with Gasteiger partial charge < -0.3 is 14.8 Å². The van der Waals surface area contributed by atoms with Crippen molar-refractivity contribution >= 4 is 28.7 Å². The highest BCUT2D eigenvalue weighted by molar-refractivity contribution is 8.14. The highest BCUT2D eigenvalue weighted by Crippen LogP contribution is 2.39. The number of carbonyl (C=O) groups excluding carboxylic acids is 2. The summed E-state index contributed by atoms with van der Waals surface area (Å²) in [5.74, 6) is 1.03. The van der Waals surface area contributed by atoms with Crippen molar-refractivity contribution in [2.24, 2.45) is 5.10 Å². The number of thioether (sulfide) groups is 1. The first kappa shape index (κ1) is 19.8. The second-order valence-electron chi connectivity index (χ2n) is 6.00. The van der Waals surface area contributed by atoms with Crippen LogP contribution in [0.4, 0.5) is 0 Å². The second-order valence-corrected chi connectivity index (χ2v) is 7.07. The van der Waals surface area contributed by atoms with Crippen LogP contribution in [0.15, 0.2) is 59.7 Å². The molecular weight excluding hydrogens is 378 g/mol. The van der Waals surface area contributed by atoms with Gasteiger partial charge in [-0.25, -0.2) is 5.01 Å². The van der Waals surface area contributed by atoms with Crippen LogP contribution >= 0.6 is 11.8 Å². The van der Waals surface area contributed by atoms with Gasteiger partial charge in [-0.05, 0) is 29.8 Å². The largest absolute Gasteiger partial charge is 0.490 e. The lowest BCUT2D eigenvalue weighted by atomic mass is 10.2. The quantitative estimate of drug-likeness (QED) is 0.755. The third kappa shape index (κ3) is 5.26. The van der Waals surface area contributed by atoms with Gasteiger partial charge in [-0.2, -0.15) is 0 Å². The Labute approximate surface area is 167 Å². The van der Waals surface area contributed by atoms with Crippen LogP contribution in [0.2, 0.25) is 0 Å². The molecule has 0 aromatic heterocycles. The molecule has 0 fully saturated rings. The van der Waals surface area contributed by atoms with Gasteiger partial charge in [0.1, 0.15) is 30.1 Å². The van der Waals surface area contributed by atoms with E-state index in [1.807, 2.05) is 54.6 Å². The maximum Gasteiger partial charge on any atom is 0.241 e. The molecule has 3 rings (SSSR count). The predicted molar refractivity (Wildman–Crippen MR) is 108 cm³/mol. The van der Waals surface area contributed by atoms with Gasteiger partial charge in [0.15, 0.2) is 5.17 Å². The molecule has 1 aliphatic heterocycles. The normalized spacial score (nSPS) is 15.7. The van der Waals surface area contributed by atoms with Gasteiger partial charge in [0.05, 0.1) is 0 Å². The summed E-state index contributed by atoms with van der Waals surface area (Å²) in [5.41, 5.74) is 0.853. The van der Waals surface area contributed by atoms with Gasteiger partial charge in [0.25, 0.3) is 0 Å². The van der Waals surface area contributed by atoms with Gasteiger partial charge in [-0.3, -0.25) is 9.59 Å². The van der Waals surface area contributed by atoms with E-state index in [0.29, 0.717) is 24.1 Å². The van der Waals surface area contributed by atoms with Crippen LogP contribution in [0, 0.1) is 0 Å². The fourth-order valence-electron chi connectivity index (χ4n) is 2.57. The minimum absolute atomic E-state index is 0.208. The van der Waals surface area contributed by atoms with Crippen molar-refractivity contribution in [3.8, 4) is 11.5 Å². The summed E-state index contributed by atoms with van der Waals surface area (Å²) in [4.78, 5) is 23.2. The minimum Gasteiger partial charge on any atom is -0.490 e.